The van der Waals surface area contributed by atoms with E-state index in [-0.39, 0.29) is 24.7 Å². The molecule has 1 aliphatic carbocycles. The summed E-state index contributed by atoms with van der Waals surface area (Å²) in [6, 6.07) is 4.94. The van der Waals surface area contributed by atoms with Gasteiger partial charge >= 0.3 is 0 Å². The van der Waals surface area contributed by atoms with E-state index in [2.05, 4.69) is 31.4 Å². The number of unbranched alkanes of at least 4 members (excludes halogenated alkanes) is 2. The van der Waals surface area contributed by atoms with E-state index < -0.39 is 11.6 Å². The van der Waals surface area contributed by atoms with Crippen molar-refractivity contribution in [3.8, 4) is 5.75 Å². The summed E-state index contributed by atoms with van der Waals surface area (Å²) in [6.07, 6.45) is 9.19. The van der Waals surface area contributed by atoms with Crippen LogP contribution < -0.4 is 26.8 Å². The molecule has 7 heteroatoms. The van der Waals surface area contributed by atoms with Gasteiger partial charge < -0.3 is 26.8 Å². The number of ketones is 1. The second kappa shape index (κ2) is 14.6. The molecular weight excluding hydrogens is 452 g/mol. The van der Waals surface area contributed by atoms with Gasteiger partial charge in [-0.05, 0) is 91.0 Å². The SMILES string of the molecule is C.CC(C)(C)Nc1ccc(OCCCCCN)c(C(=O)NC(CC2CCCCC2)C(=O)C(C)(C)N)c1. The van der Waals surface area contributed by atoms with E-state index in [1.165, 1.54) is 19.3 Å². The first kappa shape index (κ1) is 31.9. The number of anilines is 1. The summed E-state index contributed by atoms with van der Waals surface area (Å²) < 4.78 is 6.01. The van der Waals surface area contributed by atoms with Crippen molar-refractivity contribution in [2.45, 2.75) is 117 Å². The summed E-state index contributed by atoms with van der Waals surface area (Å²) in [6.45, 7) is 10.8. The first-order valence-electron chi connectivity index (χ1n) is 13.3. The van der Waals surface area contributed by atoms with Crippen molar-refractivity contribution in [3.63, 3.8) is 0 Å². The summed E-state index contributed by atoms with van der Waals surface area (Å²) in [5, 5.41) is 6.45. The fourth-order valence-corrected chi connectivity index (χ4v) is 4.62. The molecule has 0 aromatic heterocycles. The number of rotatable bonds is 13. The molecule has 0 aliphatic heterocycles. The van der Waals surface area contributed by atoms with Gasteiger partial charge in [0.05, 0.1) is 23.8 Å². The lowest BCUT2D eigenvalue weighted by Crippen LogP contribution is -2.54. The van der Waals surface area contributed by atoms with E-state index in [0.29, 0.717) is 36.8 Å². The van der Waals surface area contributed by atoms with Gasteiger partial charge in [0.15, 0.2) is 5.78 Å². The molecular formula is C29H52N4O3. The maximum atomic E-state index is 13.6. The Labute approximate surface area is 219 Å². The summed E-state index contributed by atoms with van der Waals surface area (Å²) >= 11 is 0. The highest BCUT2D eigenvalue weighted by Gasteiger charge is 2.34. The molecule has 1 aromatic carbocycles. The van der Waals surface area contributed by atoms with E-state index in [4.69, 9.17) is 16.2 Å². The van der Waals surface area contributed by atoms with Crippen LogP contribution in [0.25, 0.3) is 0 Å². The summed E-state index contributed by atoms with van der Waals surface area (Å²) in [7, 11) is 0. The van der Waals surface area contributed by atoms with Crippen molar-refractivity contribution in [1.82, 2.24) is 5.32 Å². The van der Waals surface area contributed by atoms with Gasteiger partial charge in [0.2, 0.25) is 0 Å². The van der Waals surface area contributed by atoms with Crippen molar-refractivity contribution in [1.29, 1.82) is 0 Å². The molecule has 1 atom stereocenters. The lowest BCUT2D eigenvalue weighted by molar-refractivity contribution is -0.125. The van der Waals surface area contributed by atoms with Gasteiger partial charge in [0, 0.05) is 11.2 Å². The van der Waals surface area contributed by atoms with Gasteiger partial charge in [0.25, 0.3) is 5.91 Å². The third-order valence-electron chi connectivity index (χ3n) is 6.40. The molecule has 1 aliphatic rings. The van der Waals surface area contributed by atoms with Gasteiger partial charge in [0.1, 0.15) is 5.75 Å². The molecule has 0 bridgehead atoms. The largest absolute Gasteiger partial charge is 0.493 e. The highest BCUT2D eigenvalue weighted by atomic mass is 16.5. The highest BCUT2D eigenvalue weighted by molar-refractivity contribution is 6.02. The molecule has 1 fully saturated rings. The molecule has 6 N–H and O–H groups in total. The Bertz CT molecular complexity index is 821. The lowest BCUT2D eigenvalue weighted by Gasteiger charge is -2.30. The van der Waals surface area contributed by atoms with Crippen molar-refractivity contribution in [2.75, 3.05) is 18.5 Å². The molecule has 1 unspecified atom stereocenters. The number of benzene rings is 1. The Balaban J connectivity index is 0.00000648. The predicted molar refractivity (Wildman–Crippen MR) is 151 cm³/mol. The van der Waals surface area contributed by atoms with Crippen LogP contribution in [0.2, 0.25) is 0 Å². The lowest BCUT2D eigenvalue weighted by atomic mass is 9.81. The quantitative estimate of drug-likeness (QED) is 0.266. The number of amides is 1. The third-order valence-corrected chi connectivity index (χ3v) is 6.40. The van der Waals surface area contributed by atoms with Crippen LogP contribution in [-0.2, 0) is 4.79 Å². The number of carbonyl (C=O) groups is 2. The normalized spacial score (nSPS) is 15.5. The molecule has 206 valence electrons. The van der Waals surface area contributed by atoms with E-state index in [0.717, 1.165) is 37.8 Å². The zero-order valence-electron chi connectivity index (χ0n) is 22.5. The van der Waals surface area contributed by atoms with Crippen LogP contribution in [0.5, 0.6) is 5.75 Å². The third kappa shape index (κ3) is 10.9. The van der Waals surface area contributed by atoms with Crippen LogP contribution in [0.4, 0.5) is 5.69 Å². The minimum Gasteiger partial charge on any atom is -0.493 e. The van der Waals surface area contributed by atoms with Gasteiger partial charge in [-0.3, -0.25) is 9.59 Å². The summed E-state index contributed by atoms with van der Waals surface area (Å²) in [5.41, 5.74) is 11.8. The Morgan fingerprint density at radius 1 is 1.06 bits per heavy atom. The van der Waals surface area contributed by atoms with E-state index in [1.807, 2.05) is 18.2 Å². The fraction of sp³-hybridized carbons (Fsp3) is 0.724. The Kier molecular flexibility index (Phi) is 12.9. The predicted octanol–water partition coefficient (Wildman–Crippen LogP) is 5.42. The van der Waals surface area contributed by atoms with E-state index in [1.54, 1.807) is 13.8 Å². The average Bonchev–Trinajstić information content (AvgIpc) is 2.77. The molecule has 1 aromatic rings. The minimum atomic E-state index is -1.02. The van der Waals surface area contributed by atoms with Crippen LogP contribution in [0.1, 0.15) is 110 Å². The number of carbonyl (C=O) groups excluding carboxylic acids is 2. The van der Waals surface area contributed by atoms with Gasteiger partial charge in [-0.2, -0.15) is 0 Å². The van der Waals surface area contributed by atoms with Crippen molar-refractivity contribution >= 4 is 17.4 Å². The zero-order valence-corrected chi connectivity index (χ0v) is 22.5. The zero-order chi connectivity index (χ0) is 26.1. The summed E-state index contributed by atoms with van der Waals surface area (Å²) in [4.78, 5) is 26.8. The minimum absolute atomic E-state index is 0. The number of nitrogens with one attached hydrogen (secondary N) is 2. The Morgan fingerprint density at radius 2 is 1.72 bits per heavy atom. The van der Waals surface area contributed by atoms with Crippen molar-refractivity contribution in [3.05, 3.63) is 23.8 Å². The highest BCUT2D eigenvalue weighted by Crippen LogP contribution is 2.29. The maximum Gasteiger partial charge on any atom is 0.255 e. The first-order valence-corrected chi connectivity index (χ1v) is 13.3. The van der Waals surface area contributed by atoms with Gasteiger partial charge in [-0.1, -0.05) is 39.5 Å². The topological polar surface area (TPSA) is 119 Å². The van der Waals surface area contributed by atoms with Gasteiger partial charge in [-0.25, -0.2) is 0 Å². The van der Waals surface area contributed by atoms with Crippen molar-refractivity contribution in [2.24, 2.45) is 17.4 Å². The molecule has 2 rings (SSSR count). The number of hydrogen-bond acceptors (Lipinski definition) is 6. The van der Waals surface area contributed by atoms with Crippen LogP contribution in [0.3, 0.4) is 0 Å². The smallest absolute Gasteiger partial charge is 0.255 e. The van der Waals surface area contributed by atoms with Crippen LogP contribution in [0, 0.1) is 5.92 Å². The van der Waals surface area contributed by atoms with E-state index >= 15 is 0 Å². The number of hydrogen-bond donors (Lipinski definition) is 4. The van der Waals surface area contributed by atoms with Crippen LogP contribution >= 0.6 is 0 Å². The van der Waals surface area contributed by atoms with E-state index in [9.17, 15) is 9.59 Å². The number of nitrogens with two attached hydrogens (primary N) is 2. The molecule has 0 saturated heterocycles. The molecule has 1 saturated carbocycles. The van der Waals surface area contributed by atoms with Crippen LogP contribution in [-0.4, -0.2) is 42.0 Å². The molecule has 7 nitrogen and oxygen atoms in total. The van der Waals surface area contributed by atoms with Crippen LogP contribution in [0.15, 0.2) is 18.2 Å². The van der Waals surface area contributed by atoms with Gasteiger partial charge in [-0.15, -0.1) is 0 Å². The number of Topliss-reactive ketones (excluding diaryl/α,β-unsaturated/α-hetero) is 1. The van der Waals surface area contributed by atoms with Crippen molar-refractivity contribution < 1.29 is 14.3 Å². The maximum absolute atomic E-state index is 13.6. The first-order chi connectivity index (χ1) is 16.4. The molecule has 1 amide bonds. The fourth-order valence-electron chi connectivity index (χ4n) is 4.62. The average molecular weight is 505 g/mol. The standard InChI is InChI=1S/C28H48N4O3.CH4/c1-27(2,3)32-21-14-15-24(35-17-11-7-10-16-29)22(19-21)26(34)31-23(25(33)28(4,5)30)18-20-12-8-6-9-13-20;/h14-15,19-20,23,32H,6-13,16-18,29-30H2,1-5H3,(H,31,34);1H4. The Hall–Kier alpha value is -2.12. The molecule has 0 heterocycles. The molecule has 0 spiro atoms. The Morgan fingerprint density at radius 3 is 2.31 bits per heavy atom. The monoisotopic (exact) mass is 504 g/mol. The molecule has 0 radical (unpaired) electrons. The second-order valence-corrected chi connectivity index (χ2v) is 11.6. The second-order valence-electron chi connectivity index (χ2n) is 11.6. The summed E-state index contributed by atoms with van der Waals surface area (Å²) in [5.74, 6) is 0.501. The molecule has 36 heavy (non-hydrogen) atoms. The number of ether oxygens (including phenoxy) is 1.